The zero-order chi connectivity index (χ0) is 21.2. The molecule has 2 aromatic rings. The molecule has 0 unspecified atom stereocenters. The number of benzene rings is 2. The fourth-order valence-electron chi connectivity index (χ4n) is 2.81. The summed E-state index contributed by atoms with van der Waals surface area (Å²) in [7, 11) is 0. The van der Waals surface area contributed by atoms with E-state index in [0.717, 1.165) is 5.56 Å². The molecule has 0 spiro atoms. The van der Waals surface area contributed by atoms with Crippen molar-refractivity contribution in [3.63, 3.8) is 0 Å². The summed E-state index contributed by atoms with van der Waals surface area (Å²) in [4.78, 5) is 27.0. The van der Waals surface area contributed by atoms with Gasteiger partial charge >= 0.3 is 0 Å². The molecule has 29 heavy (non-hydrogen) atoms. The van der Waals surface area contributed by atoms with Crippen molar-refractivity contribution in [1.29, 1.82) is 0 Å². The third-order valence-corrected chi connectivity index (χ3v) is 4.84. The van der Waals surface area contributed by atoms with Gasteiger partial charge in [0.15, 0.2) is 6.61 Å². The Labute approximate surface area is 178 Å². The SMILES string of the molecule is CC(C)CNC(=O)[C@@H](C)N(CCc1ccccc1)C(=O)COc1ccccc1Cl. The average molecular weight is 417 g/mol. The van der Waals surface area contributed by atoms with E-state index in [4.69, 9.17) is 16.3 Å². The number of hydrogen-bond donors (Lipinski definition) is 1. The molecule has 0 heterocycles. The van der Waals surface area contributed by atoms with E-state index in [1.807, 2.05) is 44.2 Å². The Hall–Kier alpha value is -2.53. The lowest BCUT2D eigenvalue weighted by Gasteiger charge is -2.29. The number of carbonyl (C=O) groups excluding carboxylic acids is 2. The first-order valence-electron chi connectivity index (χ1n) is 9.87. The monoisotopic (exact) mass is 416 g/mol. The summed E-state index contributed by atoms with van der Waals surface area (Å²) < 4.78 is 5.60. The van der Waals surface area contributed by atoms with Crippen molar-refractivity contribution in [3.05, 3.63) is 65.2 Å². The standard InChI is InChI=1S/C23H29ClN2O3/c1-17(2)15-25-23(28)18(3)26(14-13-19-9-5-4-6-10-19)22(27)16-29-21-12-8-7-11-20(21)24/h4-12,17-18H,13-16H2,1-3H3,(H,25,28)/t18-/m1/s1. The summed E-state index contributed by atoms with van der Waals surface area (Å²) in [6.07, 6.45) is 0.653. The Balaban J connectivity index is 2.06. The predicted octanol–water partition coefficient (Wildman–Crippen LogP) is 3.95. The summed E-state index contributed by atoms with van der Waals surface area (Å²) in [5.41, 5.74) is 1.10. The highest BCUT2D eigenvalue weighted by atomic mass is 35.5. The van der Waals surface area contributed by atoms with Crippen molar-refractivity contribution < 1.29 is 14.3 Å². The summed E-state index contributed by atoms with van der Waals surface area (Å²) in [5, 5.41) is 3.35. The van der Waals surface area contributed by atoms with Crippen molar-refractivity contribution in [3.8, 4) is 5.75 Å². The van der Waals surface area contributed by atoms with Crippen molar-refractivity contribution in [2.45, 2.75) is 33.2 Å². The van der Waals surface area contributed by atoms with Crippen LogP contribution < -0.4 is 10.1 Å². The number of rotatable bonds is 10. The van der Waals surface area contributed by atoms with Crippen LogP contribution in [0.15, 0.2) is 54.6 Å². The van der Waals surface area contributed by atoms with Gasteiger partial charge in [0, 0.05) is 13.1 Å². The van der Waals surface area contributed by atoms with Crippen molar-refractivity contribution in [1.82, 2.24) is 10.2 Å². The molecule has 2 rings (SSSR count). The number of nitrogens with zero attached hydrogens (tertiary/aromatic N) is 1. The summed E-state index contributed by atoms with van der Waals surface area (Å²) in [6, 6.07) is 16.3. The minimum absolute atomic E-state index is 0.169. The largest absolute Gasteiger partial charge is 0.482 e. The number of amides is 2. The number of halogens is 1. The molecule has 0 aromatic heterocycles. The second kappa shape index (κ2) is 11.5. The first-order valence-corrected chi connectivity index (χ1v) is 10.2. The lowest BCUT2D eigenvalue weighted by Crippen LogP contribution is -2.50. The number of hydrogen-bond acceptors (Lipinski definition) is 3. The van der Waals surface area contributed by atoms with Gasteiger partial charge in [0.2, 0.25) is 5.91 Å². The van der Waals surface area contributed by atoms with Gasteiger partial charge in [0.1, 0.15) is 11.8 Å². The van der Waals surface area contributed by atoms with E-state index in [-0.39, 0.29) is 18.4 Å². The molecule has 2 aromatic carbocycles. The Morgan fingerprint density at radius 1 is 1.03 bits per heavy atom. The van der Waals surface area contributed by atoms with Crippen LogP contribution in [0.5, 0.6) is 5.75 Å². The van der Waals surface area contributed by atoms with E-state index in [2.05, 4.69) is 5.32 Å². The van der Waals surface area contributed by atoms with Crippen LogP contribution in [0.25, 0.3) is 0 Å². The van der Waals surface area contributed by atoms with Crippen LogP contribution in [0.1, 0.15) is 26.3 Å². The third-order valence-electron chi connectivity index (χ3n) is 4.52. The van der Waals surface area contributed by atoms with Gasteiger partial charge in [-0.3, -0.25) is 9.59 Å². The van der Waals surface area contributed by atoms with Crippen LogP contribution in [0.3, 0.4) is 0 Å². The zero-order valence-corrected chi connectivity index (χ0v) is 18.0. The molecule has 0 saturated carbocycles. The molecule has 0 fully saturated rings. The smallest absolute Gasteiger partial charge is 0.261 e. The molecule has 1 atom stereocenters. The molecule has 0 bridgehead atoms. The maximum Gasteiger partial charge on any atom is 0.261 e. The van der Waals surface area contributed by atoms with Crippen molar-refractivity contribution in [2.75, 3.05) is 19.7 Å². The fourth-order valence-corrected chi connectivity index (χ4v) is 3.00. The van der Waals surface area contributed by atoms with Gasteiger partial charge in [0.05, 0.1) is 5.02 Å². The Morgan fingerprint density at radius 3 is 2.34 bits per heavy atom. The van der Waals surface area contributed by atoms with Crippen molar-refractivity contribution >= 4 is 23.4 Å². The highest BCUT2D eigenvalue weighted by Gasteiger charge is 2.26. The predicted molar refractivity (Wildman–Crippen MR) is 116 cm³/mol. The van der Waals surface area contributed by atoms with Crippen molar-refractivity contribution in [2.24, 2.45) is 5.92 Å². The minimum Gasteiger partial charge on any atom is -0.482 e. The quantitative estimate of drug-likeness (QED) is 0.638. The normalized spacial score (nSPS) is 11.8. The van der Waals surface area contributed by atoms with E-state index in [0.29, 0.717) is 36.2 Å². The number of nitrogens with one attached hydrogen (secondary N) is 1. The topological polar surface area (TPSA) is 58.6 Å². The second-order valence-electron chi connectivity index (χ2n) is 7.36. The van der Waals surface area contributed by atoms with Gasteiger partial charge in [-0.25, -0.2) is 0 Å². The van der Waals surface area contributed by atoms with Crippen LogP contribution in [-0.4, -0.2) is 42.5 Å². The minimum atomic E-state index is -0.597. The second-order valence-corrected chi connectivity index (χ2v) is 7.76. The van der Waals surface area contributed by atoms with Gasteiger partial charge in [0.25, 0.3) is 5.91 Å². The van der Waals surface area contributed by atoms with Gasteiger partial charge in [-0.1, -0.05) is 67.9 Å². The number of carbonyl (C=O) groups is 2. The van der Waals surface area contributed by atoms with E-state index >= 15 is 0 Å². The lowest BCUT2D eigenvalue weighted by atomic mass is 10.1. The molecule has 0 radical (unpaired) electrons. The molecule has 0 saturated heterocycles. The molecular formula is C23H29ClN2O3. The first-order chi connectivity index (χ1) is 13.9. The van der Waals surface area contributed by atoms with E-state index < -0.39 is 6.04 Å². The summed E-state index contributed by atoms with van der Waals surface area (Å²) in [5.74, 6) is 0.358. The molecule has 0 aliphatic rings. The van der Waals surface area contributed by atoms with Crippen LogP contribution in [0.4, 0.5) is 0 Å². The van der Waals surface area contributed by atoms with Gasteiger partial charge in [-0.15, -0.1) is 0 Å². The lowest BCUT2D eigenvalue weighted by molar-refractivity contribution is -0.141. The first kappa shape index (κ1) is 22.8. The Morgan fingerprint density at radius 2 is 1.69 bits per heavy atom. The maximum atomic E-state index is 12.9. The van der Waals surface area contributed by atoms with Gasteiger partial charge in [-0.05, 0) is 37.0 Å². The average Bonchev–Trinajstić information content (AvgIpc) is 2.72. The maximum absolute atomic E-state index is 12.9. The molecular weight excluding hydrogens is 388 g/mol. The summed E-state index contributed by atoms with van der Waals surface area (Å²) >= 11 is 6.10. The van der Waals surface area contributed by atoms with Crippen LogP contribution in [0.2, 0.25) is 5.02 Å². The molecule has 156 valence electrons. The van der Waals surface area contributed by atoms with Crippen LogP contribution in [-0.2, 0) is 16.0 Å². The molecule has 6 heteroatoms. The zero-order valence-electron chi connectivity index (χ0n) is 17.2. The summed E-state index contributed by atoms with van der Waals surface area (Å²) in [6.45, 7) is 6.61. The van der Waals surface area contributed by atoms with E-state index in [9.17, 15) is 9.59 Å². The number of ether oxygens (including phenoxy) is 1. The molecule has 1 N–H and O–H groups in total. The molecule has 0 aliphatic heterocycles. The third kappa shape index (κ3) is 7.42. The molecule has 5 nitrogen and oxygen atoms in total. The highest BCUT2D eigenvalue weighted by Crippen LogP contribution is 2.23. The van der Waals surface area contributed by atoms with E-state index in [1.54, 1.807) is 36.1 Å². The fraction of sp³-hybridized carbons (Fsp3) is 0.391. The van der Waals surface area contributed by atoms with Gasteiger partial charge < -0.3 is 15.0 Å². The molecule has 0 aliphatic carbocycles. The van der Waals surface area contributed by atoms with E-state index in [1.165, 1.54) is 0 Å². The van der Waals surface area contributed by atoms with Crippen LogP contribution >= 0.6 is 11.6 Å². The highest BCUT2D eigenvalue weighted by molar-refractivity contribution is 6.32. The van der Waals surface area contributed by atoms with Crippen LogP contribution in [0, 0.1) is 5.92 Å². The Kier molecular flexibility index (Phi) is 9.00. The Bertz CT molecular complexity index is 796. The van der Waals surface area contributed by atoms with Gasteiger partial charge in [-0.2, -0.15) is 0 Å². The number of para-hydroxylation sites is 1. The molecule has 2 amide bonds.